The summed E-state index contributed by atoms with van der Waals surface area (Å²) in [6.07, 6.45) is -0.492. The van der Waals surface area contributed by atoms with Crippen molar-refractivity contribution >= 4 is 27.7 Å². The quantitative estimate of drug-likeness (QED) is 0.921. The van der Waals surface area contributed by atoms with Gasteiger partial charge in [-0.1, -0.05) is 15.9 Å². The lowest BCUT2D eigenvalue weighted by Gasteiger charge is -2.10. The number of ether oxygens (including phenoxy) is 2. The number of carbonyl (C=O) groups is 1. The third-order valence-electron chi connectivity index (χ3n) is 1.67. The number of hydrogen-bond donors (Lipinski definition) is 1. The van der Waals surface area contributed by atoms with Crippen LogP contribution in [0.15, 0.2) is 22.7 Å². The minimum atomic E-state index is -0.492. The highest BCUT2D eigenvalue weighted by atomic mass is 79.9. The summed E-state index contributed by atoms with van der Waals surface area (Å²) in [6, 6.07) is 5.33. The van der Waals surface area contributed by atoms with Crippen LogP contribution in [-0.4, -0.2) is 19.8 Å². The van der Waals surface area contributed by atoms with Gasteiger partial charge >= 0.3 is 6.09 Å². The van der Waals surface area contributed by atoms with Gasteiger partial charge in [0.25, 0.3) is 0 Å². The molecule has 1 amide bonds. The Bertz CT molecular complexity index is 355. The smallest absolute Gasteiger partial charge is 0.411 e. The topological polar surface area (TPSA) is 47.6 Å². The van der Waals surface area contributed by atoms with Crippen LogP contribution in [0.3, 0.4) is 0 Å². The fourth-order valence-corrected chi connectivity index (χ4v) is 1.42. The molecule has 0 aliphatic heterocycles. The lowest BCUT2D eigenvalue weighted by molar-refractivity contribution is 0.168. The number of anilines is 1. The normalized spacial score (nSPS) is 9.53. The van der Waals surface area contributed by atoms with E-state index in [1.54, 1.807) is 26.2 Å². The van der Waals surface area contributed by atoms with Crippen LogP contribution in [0.25, 0.3) is 0 Å². The zero-order valence-corrected chi connectivity index (χ0v) is 10.1. The van der Waals surface area contributed by atoms with Crippen LogP contribution in [-0.2, 0) is 4.74 Å². The van der Waals surface area contributed by atoms with Gasteiger partial charge in [-0.15, -0.1) is 0 Å². The second-order valence-electron chi connectivity index (χ2n) is 2.69. The van der Waals surface area contributed by atoms with E-state index in [4.69, 9.17) is 9.47 Å². The number of rotatable bonds is 3. The summed E-state index contributed by atoms with van der Waals surface area (Å²) >= 11 is 3.31. The van der Waals surface area contributed by atoms with Crippen LogP contribution < -0.4 is 10.1 Å². The minimum absolute atomic E-state index is 0.335. The van der Waals surface area contributed by atoms with Gasteiger partial charge in [0.1, 0.15) is 5.75 Å². The van der Waals surface area contributed by atoms with Gasteiger partial charge in [-0.25, -0.2) is 4.79 Å². The number of amides is 1. The molecular weight excluding hydrogens is 262 g/mol. The molecule has 1 aromatic carbocycles. The standard InChI is InChI=1S/C10H12BrNO3/c1-3-15-10(13)12-8-6-7(11)4-5-9(8)14-2/h4-6H,3H2,1-2H3,(H,12,13). The lowest BCUT2D eigenvalue weighted by Crippen LogP contribution is -2.13. The van der Waals surface area contributed by atoms with Crippen LogP contribution in [0.5, 0.6) is 5.75 Å². The maximum atomic E-state index is 11.2. The Labute approximate surface area is 96.7 Å². The molecule has 0 unspecified atom stereocenters. The number of halogens is 1. The Morgan fingerprint density at radius 1 is 1.53 bits per heavy atom. The third-order valence-corrected chi connectivity index (χ3v) is 2.17. The van der Waals surface area contributed by atoms with E-state index in [1.807, 2.05) is 6.07 Å². The van der Waals surface area contributed by atoms with Crippen molar-refractivity contribution in [2.45, 2.75) is 6.92 Å². The molecule has 1 N–H and O–H groups in total. The maximum absolute atomic E-state index is 11.2. The Morgan fingerprint density at radius 2 is 2.27 bits per heavy atom. The predicted octanol–water partition coefficient (Wildman–Crippen LogP) is 3.03. The molecule has 82 valence electrons. The Hall–Kier alpha value is -1.23. The summed E-state index contributed by atoms with van der Waals surface area (Å²) in [4.78, 5) is 11.2. The lowest BCUT2D eigenvalue weighted by atomic mass is 10.3. The van der Waals surface area contributed by atoms with Gasteiger partial charge in [-0.05, 0) is 25.1 Å². The van der Waals surface area contributed by atoms with E-state index in [1.165, 1.54) is 0 Å². The summed E-state index contributed by atoms with van der Waals surface area (Å²) in [5, 5.41) is 2.59. The molecule has 1 rings (SSSR count). The van der Waals surface area contributed by atoms with E-state index >= 15 is 0 Å². The highest BCUT2D eigenvalue weighted by Crippen LogP contribution is 2.27. The van der Waals surface area contributed by atoms with Gasteiger partial charge in [0.15, 0.2) is 0 Å². The molecule has 0 spiro atoms. The van der Waals surface area contributed by atoms with Crippen LogP contribution in [0.4, 0.5) is 10.5 Å². The largest absolute Gasteiger partial charge is 0.495 e. The molecule has 0 aliphatic carbocycles. The number of hydrogen-bond acceptors (Lipinski definition) is 3. The molecule has 0 saturated carbocycles. The fraction of sp³-hybridized carbons (Fsp3) is 0.300. The molecule has 0 heterocycles. The van der Waals surface area contributed by atoms with Crippen molar-refractivity contribution in [2.24, 2.45) is 0 Å². The van der Waals surface area contributed by atoms with Crippen LogP contribution >= 0.6 is 15.9 Å². The van der Waals surface area contributed by atoms with Crippen LogP contribution in [0.2, 0.25) is 0 Å². The Morgan fingerprint density at radius 3 is 2.87 bits per heavy atom. The maximum Gasteiger partial charge on any atom is 0.411 e. The zero-order valence-electron chi connectivity index (χ0n) is 8.54. The van der Waals surface area contributed by atoms with E-state index < -0.39 is 6.09 Å². The molecular formula is C10H12BrNO3. The highest BCUT2D eigenvalue weighted by Gasteiger charge is 2.07. The summed E-state index contributed by atoms with van der Waals surface area (Å²) in [5.74, 6) is 0.589. The highest BCUT2D eigenvalue weighted by molar-refractivity contribution is 9.10. The predicted molar refractivity (Wildman–Crippen MR) is 61.3 cm³/mol. The fourth-order valence-electron chi connectivity index (χ4n) is 1.06. The van der Waals surface area contributed by atoms with E-state index in [0.29, 0.717) is 18.0 Å². The molecule has 0 radical (unpaired) electrons. The van der Waals surface area contributed by atoms with Crippen molar-refractivity contribution in [2.75, 3.05) is 19.0 Å². The van der Waals surface area contributed by atoms with Gasteiger partial charge in [0, 0.05) is 4.47 Å². The first-order valence-electron chi connectivity index (χ1n) is 4.44. The van der Waals surface area contributed by atoms with Gasteiger partial charge in [-0.3, -0.25) is 5.32 Å². The monoisotopic (exact) mass is 273 g/mol. The van der Waals surface area contributed by atoms with Crippen molar-refractivity contribution < 1.29 is 14.3 Å². The number of benzene rings is 1. The zero-order chi connectivity index (χ0) is 11.3. The van der Waals surface area contributed by atoms with Crippen molar-refractivity contribution in [1.82, 2.24) is 0 Å². The molecule has 5 heteroatoms. The van der Waals surface area contributed by atoms with Gasteiger partial charge in [-0.2, -0.15) is 0 Å². The molecule has 15 heavy (non-hydrogen) atoms. The average molecular weight is 274 g/mol. The van der Waals surface area contributed by atoms with Gasteiger partial charge in [0.2, 0.25) is 0 Å². The first-order valence-corrected chi connectivity index (χ1v) is 5.24. The molecule has 0 bridgehead atoms. The summed E-state index contributed by atoms with van der Waals surface area (Å²) < 4.78 is 10.7. The average Bonchev–Trinajstić information content (AvgIpc) is 2.18. The van der Waals surface area contributed by atoms with E-state index in [2.05, 4.69) is 21.2 Å². The van der Waals surface area contributed by atoms with Gasteiger partial charge in [0.05, 0.1) is 19.4 Å². The molecule has 1 aromatic rings. The Kier molecular flexibility index (Phi) is 4.42. The molecule has 0 atom stereocenters. The summed E-state index contributed by atoms with van der Waals surface area (Å²) in [6.45, 7) is 2.08. The molecule has 0 fully saturated rings. The van der Waals surface area contributed by atoms with Crippen molar-refractivity contribution in [3.05, 3.63) is 22.7 Å². The summed E-state index contributed by atoms with van der Waals surface area (Å²) in [7, 11) is 1.54. The van der Waals surface area contributed by atoms with E-state index in [9.17, 15) is 4.79 Å². The molecule has 0 aromatic heterocycles. The molecule has 4 nitrogen and oxygen atoms in total. The minimum Gasteiger partial charge on any atom is -0.495 e. The molecule has 0 aliphatic rings. The van der Waals surface area contributed by atoms with Crippen LogP contribution in [0, 0.1) is 0 Å². The summed E-state index contributed by atoms with van der Waals surface area (Å²) in [5.41, 5.74) is 0.574. The van der Waals surface area contributed by atoms with E-state index in [-0.39, 0.29) is 0 Å². The SMILES string of the molecule is CCOC(=O)Nc1cc(Br)ccc1OC. The van der Waals surface area contributed by atoms with Crippen molar-refractivity contribution in [3.8, 4) is 5.75 Å². The third kappa shape index (κ3) is 3.43. The van der Waals surface area contributed by atoms with Crippen molar-refractivity contribution in [3.63, 3.8) is 0 Å². The Balaban J connectivity index is 2.82. The van der Waals surface area contributed by atoms with Crippen LogP contribution in [0.1, 0.15) is 6.92 Å². The second kappa shape index (κ2) is 5.60. The second-order valence-corrected chi connectivity index (χ2v) is 3.61. The number of methoxy groups -OCH3 is 1. The van der Waals surface area contributed by atoms with E-state index in [0.717, 1.165) is 4.47 Å². The van der Waals surface area contributed by atoms with Crippen molar-refractivity contribution in [1.29, 1.82) is 0 Å². The first-order chi connectivity index (χ1) is 7.17. The van der Waals surface area contributed by atoms with Gasteiger partial charge < -0.3 is 9.47 Å². The number of carbonyl (C=O) groups excluding carboxylic acids is 1. The number of nitrogens with one attached hydrogen (secondary N) is 1. The first kappa shape index (κ1) is 11.8. The molecule has 0 saturated heterocycles.